The number of anilines is 2. The lowest BCUT2D eigenvalue weighted by Gasteiger charge is -2.42. The van der Waals surface area contributed by atoms with Crippen LogP contribution in [0.2, 0.25) is 0 Å². The first-order valence-corrected chi connectivity index (χ1v) is 10.9. The predicted molar refractivity (Wildman–Crippen MR) is 123 cm³/mol. The Morgan fingerprint density at radius 3 is 2.67 bits per heavy atom. The van der Waals surface area contributed by atoms with Gasteiger partial charge in [0, 0.05) is 31.5 Å². The number of imidazole rings is 1. The van der Waals surface area contributed by atoms with Crippen LogP contribution in [0.25, 0.3) is 11.3 Å². The second kappa shape index (κ2) is 8.94. The summed E-state index contributed by atoms with van der Waals surface area (Å²) in [6, 6.07) is 10.9. The Balaban J connectivity index is 1.83. The van der Waals surface area contributed by atoms with Gasteiger partial charge in [0.05, 0.1) is 5.54 Å². The number of carbonyl (C=O) groups is 1. The van der Waals surface area contributed by atoms with E-state index in [4.69, 9.17) is 9.72 Å². The Bertz CT molecular complexity index is 1190. The number of carbonyl (C=O) groups excluding carboxylic acids is 1. The minimum absolute atomic E-state index is 0.0369. The number of methoxy groups -OCH3 is 1. The minimum atomic E-state index is -0.691. The van der Waals surface area contributed by atoms with Crippen LogP contribution >= 0.6 is 0 Å². The molecule has 0 fully saturated rings. The second-order valence-electron chi connectivity index (χ2n) is 8.77. The number of halogens is 2. The fraction of sp³-hybridized carbons (Fsp3) is 0.360. The van der Waals surface area contributed by atoms with Gasteiger partial charge in [-0.3, -0.25) is 4.79 Å². The maximum Gasteiger partial charge on any atom is 0.243 e. The highest BCUT2D eigenvalue weighted by Crippen LogP contribution is 2.40. The van der Waals surface area contributed by atoms with Crippen LogP contribution in [-0.4, -0.2) is 40.6 Å². The molecule has 2 heterocycles. The number of hydrogen-bond acceptors (Lipinski definition) is 4. The molecule has 1 aliphatic rings. The molecule has 4 rings (SSSR count). The summed E-state index contributed by atoms with van der Waals surface area (Å²) in [6.45, 7) is 6.79. The summed E-state index contributed by atoms with van der Waals surface area (Å²) in [5.41, 5.74) is 1.58. The lowest BCUT2D eigenvalue weighted by Crippen LogP contribution is -2.53. The van der Waals surface area contributed by atoms with E-state index in [0.717, 1.165) is 0 Å². The monoisotopic (exact) mass is 454 g/mol. The first kappa shape index (κ1) is 22.9. The summed E-state index contributed by atoms with van der Waals surface area (Å²) in [5.74, 6) is 0.549. The van der Waals surface area contributed by atoms with Gasteiger partial charge >= 0.3 is 0 Å². The van der Waals surface area contributed by atoms with Crippen molar-refractivity contribution in [1.29, 1.82) is 0 Å². The molecular weight excluding hydrogens is 426 g/mol. The van der Waals surface area contributed by atoms with Crippen molar-refractivity contribution in [2.75, 3.05) is 25.6 Å². The first-order valence-electron chi connectivity index (χ1n) is 10.9. The SMILES string of the molecule is COCCCN1C(=O)Cn2c(nc(-c3cccc(F)c3)c2Nc2ccc(F)c(C)c2)C1(C)C. The van der Waals surface area contributed by atoms with Gasteiger partial charge in [0.2, 0.25) is 5.91 Å². The Morgan fingerprint density at radius 2 is 1.97 bits per heavy atom. The molecule has 8 heteroatoms. The third-order valence-corrected chi connectivity index (χ3v) is 6.03. The van der Waals surface area contributed by atoms with Crippen LogP contribution in [0, 0.1) is 18.6 Å². The summed E-state index contributed by atoms with van der Waals surface area (Å²) < 4.78 is 34.9. The van der Waals surface area contributed by atoms with E-state index in [1.165, 1.54) is 18.2 Å². The lowest BCUT2D eigenvalue weighted by molar-refractivity contribution is -0.140. The predicted octanol–water partition coefficient (Wildman–Crippen LogP) is 4.99. The molecule has 0 saturated carbocycles. The molecule has 0 bridgehead atoms. The maximum atomic E-state index is 14.1. The van der Waals surface area contributed by atoms with Gasteiger partial charge in [-0.15, -0.1) is 0 Å². The van der Waals surface area contributed by atoms with Crippen molar-refractivity contribution in [3.8, 4) is 11.3 Å². The van der Waals surface area contributed by atoms with Crippen LogP contribution < -0.4 is 5.32 Å². The largest absolute Gasteiger partial charge is 0.385 e. The molecule has 33 heavy (non-hydrogen) atoms. The highest BCUT2D eigenvalue weighted by molar-refractivity contribution is 5.83. The van der Waals surface area contributed by atoms with Crippen LogP contribution in [0.1, 0.15) is 31.7 Å². The van der Waals surface area contributed by atoms with Gasteiger partial charge in [-0.05, 0) is 63.1 Å². The molecule has 1 N–H and O–H groups in total. The third kappa shape index (κ3) is 4.35. The number of rotatable bonds is 7. The average molecular weight is 455 g/mol. The molecule has 6 nitrogen and oxygen atoms in total. The molecule has 0 unspecified atom stereocenters. The number of benzene rings is 2. The van der Waals surface area contributed by atoms with Gasteiger partial charge in [0.1, 0.15) is 35.5 Å². The molecule has 1 aliphatic heterocycles. The van der Waals surface area contributed by atoms with Gasteiger partial charge in [-0.1, -0.05) is 12.1 Å². The first-order chi connectivity index (χ1) is 15.7. The van der Waals surface area contributed by atoms with Crippen LogP contribution in [0.4, 0.5) is 20.3 Å². The van der Waals surface area contributed by atoms with Crippen LogP contribution in [0.5, 0.6) is 0 Å². The standard InChI is InChI=1S/C25H28F2N4O2/c1-16-13-19(9-10-20(16)27)28-23-22(17-7-5-8-18(26)14-17)29-24-25(2,3)31(11-6-12-33-4)21(32)15-30(23)24/h5,7-10,13-14,28H,6,11-12,15H2,1-4H3. The van der Waals surface area contributed by atoms with Crippen molar-refractivity contribution in [2.24, 2.45) is 0 Å². The van der Waals surface area contributed by atoms with Crippen LogP contribution in [0.3, 0.4) is 0 Å². The molecular formula is C25H28F2N4O2. The quantitative estimate of drug-likeness (QED) is 0.511. The number of nitrogens with zero attached hydrogens (tertiary/aromatic N) is 3. The number of aromatic nitrogens is 2. The van der Waals surface area contributed by atoms with E-state index < -0.39 is 5.54 Å². The Kier molecular flexibility index (Phi) is 6.21. The fourth-order valence-electron chi connectivity index (χ4n) is 4.32. The summed E-state index contributed by atoms with van der Waals surface area (Å²) in [4.78, 5) is 19.9. The molecule has 0 aliphatic carbocycles. The van der Waals surface area contributed by atoms with Crippen molar-refractivity contribution >= 4 is 17.4 Å². The summed E-state index contributed by atoms with van der Waals surface area (Å²) >= 11 is 0. The number of hydrogen-bond donors (Lipinski definition) is 1. The van der Waals surface area contributed by atoms with Gasteiger partial charge in [-0.25, -0.2) is 13.8 Å². The Morgan fingerprint density at radius 1 is 1.18 bits per heavy atom. The molecule has 174 valence electrons. The fourth-order valence-corrected chi connectivity index (χ4v) is 4.32. The number of nitrogens with one attached hydrogen (secondary N) is 1. The van der Waals surface area contributed by atoms with Crippen molar-refractivity contribution in [3.05, 3.63) is 65.5 Å². The highest BCUT2D eigenvalue weighted by atomic mass is 19.1. The van der Waals surface area contributed by atoms with Crippen LogP contribution in [0.15, 0.2) is 42.5 Å². The number of fused-ring (bicyclic) bond motifs is 1. The molecule has 0 spiro atoms. The van der Waals surface area contributed by atoms with Gasteiger partial charge in [0.25, 0.3) is 0 Å². The normalized spacial score (nSPS) is 15.0. The minimum Gasteiger partial charge on any atom is -0.385 e. The summed E-state index contributed by atoms with van der Waals surface area (Å²) in [7, 11) is 1.64. The summed E-state index contributed by atoms with van der Waals surface area (Å²) in [6.07, 6.45) is 0.711. The second-order valence-corrected chi connectivity index (χ2v) is 8.77. The molecule has 0 atom stereocenters. The van der Waals surface area contributed by atoms with E-state index in [9.17, 15) is 13.6 Å². The topological polar surface area (TPSA) is 59.4 Å². The van der Waals surface area contributed by atoms with Crippen LogP contribution in [-0.2, 0) is 21.6 Å². The van der Waals surface area contributed by atoms with Gasteiger partial charge in [0.15, 0.2) is 0 Å². The van der Waals surface area contributed by atoms with E-state index in [-0.39, 0.29) is 24.1 Å². The Hall–Kier alpha value is -3.26. The Labute approximate surface area is 192 Å². The van der Waals surface area contributed by atoms with Gasteiger partial charge < -0.3 is 19.5 Å². The molecule has 0 saturated heterocycles. The van der Waals surface area contributed by atoms with Gasteiger partial charge in [-0.2, -0.15) is 0 Å². The van der Waals surface area contributed by atoms with Crippen molar-refractivity contribution in [2.45, 2.75) is 39.3 Å². The molecule has 2 aromatic carbocycles. The number of ether oxygens (including phenoxy) is 1. The highest BCUT2D eigenvalue weighted by Gasteiger charge is 2.42. The zero-order chi connectivity index (χ0) is 23.8. The van der Waals surface area contributed by atoms with Crippen molar-refractivity contribution in [3.63, 3.8) is 0 Å². The number of amides is 1. The molecule has 0 radical (unpaired) electrons. The van der Waals surface area contributed by atoms with E-state index >= 15 is 0 Å². The number of aryl methyl sites for hydroxylation is 1. The summed E-state index contributed by atoms with van der Waals surface area (Å²) in [5, 5.41) is 3.31. The van der Waals surface area contributed by atoms with Crippen molar-refractivity contribution in [1.82, 2.24) is 14.5 Å². The molecule has 1 aromatic heterocycles. The van der Waals surface area contributed by atoms with E-state index in [0.29, 0.717) is 53.7 Å². The third-order valence-electron chi connectivity index (χ3n) is 6.03. The molecule has 1 amide bonds. The van der Waals surface area contributed by atoms with Crippen molar-refractivity contribution < 1.29 is 18.3 Å². The van der Waals surface area contributed by atoms with E-state index in [1.54, 1.807) is 38.3 Å². The smallest absolute Gasteiger partial charge is 0.243 e. The average Bonchev–Trinajstić information content (AvgIpc) is 3.12. The lowest BCUT2D eigenvalue weighted by atomic mass is 9.98. The van der Waals surface area contributed by atoms with E-state index in [2.05, 4.69) is 5.32 Å². The molecule has 3 aromatic rings. The zero-order valence-corrected chi connectivity index (χ0v) is 19.3. The maximum absolute atomic E-state index is 14.1. The van der Waals surface area contributed by atoms with E-state index in [1.807, 2.05) is 23.3 Å². The zero-order valence-electron chi connectivity index (χ0n) is 19.3.